The Morgan fingerprint density at radius 3 is 2.77 bits per heavy atom. The zero-order valence-corrected chi connectivity index (χ0v) is 16.3. The van der Waals surface area contributed by atoms with Crippen molar-refractivity contribution in [3.63, 3.8) is 0 Å². The lowest BCUT2D eigenvalue weighted by Gasteiger charge is -2.08. The van der Waals surface area contributed by atoms with Crippen molar-refractivity contribution in [2.75, 3.05) is 0 Å². The lowest BCUT2D eigenvalue weighted by Crippen LogP contribution is -2.23. The topological polar surface area (TPSA) is 99.9 Å². The zero-order valence-electron chi connectivity index (χ0n) is 15.4. The van der Waals surface area contributed by atoms with Crippen LogP contribution in [0, 0.1) is 10.6 Å². The zero-order chi connectivity index (χ0) is 21.1. The van der Waals surface area contributed by atoms with Gasteiger partial charge in [-0.05, 0) is 48.1 Å². The molecule has 0 atom stereocenters. The first kappa shape index (κ1) is 19.5. The summed E-state index contributed by atoms with van der Waals surface area (Å²) in [5.41, 5.74) is 1.31. The first-order valence-corrected chi connectivity index (χ1v) is 9.32. The molecule has 1 amide bonds. The van der Waals surface area contributed by atoms with Gasteiger partial charge in [0, 0.05) is 30.4 Å². The number of aromatic nitrogens is 3. The molecule has 0 aliphatic rings. The van der Waals surface area contributed by atoms with Crippen LogP contribution in [0.15, 0.2) is 65.6 Å². The monoisotopic (exact) mass is 422 g/mol. The second kappa shape index (κ2) is 8.26. The summed E-state index contributed by atoms with van der Waals surface area (Å²) >= 11 is 4.96. The molecule has 0 aliphatic heterocycles. The SMILES string of the molecule is O=C(NCc1ccc(Oc2cccc(F)c2)nc1)c1ccc2c(=O)[nH]c(=S)[nH]c2c1. The van der Waals surface area contributed by atoms with Gasteiger partial charge in [0.25, 0.3) is 11.5 Å². The van der Waals surface area contributed by atoms with Crippen molar-refractivity contribution in [3.8, 4) is 11.6 Å². The predicted molar refractivity (Wildman–Crippen MR) is 112 cm³/mol. The van der Waals surface area contributed by atoms with Crippen LogP contribution in [-0.2, 0) is 6.54 Å². The van der Waals surface area contributed by atoms with Crippen molar-refractivity contribution in [1.29, 1.82) is 0 Å². The van der Waals surface area contributed by atoms with E-state index in [1.165, 1.54) is 12.1 Å². The Hall–Kier alpha value is -3.85. The number of aromatic amines is 2. The van der Waals surface area contributed by atoms with Crippen LogP contribution in [0.5, 0.6) is 11.6 Å². The van der Waals surface area contributed by atoms with Crippen LogP contribution in [0.3, 0.4) is 0 Å². The standard InChI is InChI=1S/C21H15FN4O3S/c22-14-2-1-3-15(9-14)29-18-7-4-12(10-23-18)11-24-19(27)13-5-6-16-17(8-13)25-21(30)26-20(16)28/h1-10H,11H2,(H,24,27)(H2,25,26,28,30). The van der Waals surface area contributed by atoms with Gasteiger partial charge in [0.1, 0.15) is 11.6 Å². The van der Waals surface area contributed by atoms with Gasteiger partial charge in [0.2, 0.25) is 5.88 Å². The molecular weight excluding hydrogens is 407 g/mol. The number of rotatable bonds is 5. The number of ether oxygens (including phenoxy) is 1. The molecule has 9 heteroatoms. The molecule has 4 aromatic rings. The first-order valence-electron chi connectivity index (χ1n) is 8.91. The third-order valence-corrected chi connectivity index (χ3v) is 4.47. The Morgan fingerprint density at radius 2 is 2.00 bits per heavy atom. The van der Waals surface area contributed by atoms with Gasteiger partial charge < -0.3 is 15.0 Å². The van der Waals surface area contributed by atoms with Gasteiger partial charge >= 0.3 is 0 Å². The van der Waals surface area contributed by atoms with Crippen LogP contribution < -0.4 is 15.6 Å². The molecule has 0 unspecified atom stereocenters. The van der Waals surface area contributed by atoms with Crippen LogP contribution in [0.25, 0.3) is 10.9 Å². The summed E-state index contributed by atoms with van der Waals surface area (Å²) in [7, 11) is 0. The number of benzene rings is 2. The second-order valence-electron chi connectivity index (χ2n) is 6.42. The van der Waals surface area contributed by atoms with Gasteiger partial charge in [-0.15, -0.1) is 0 Å². The predicted octanol–water partition coefficient (Wildman–Crippen LogP) is 3.84. The van der Waals surface area contributed by atoms with Crippen molar-refractivity contribution in [1.82, 2.24) is 20.3 Å². The number of amides is 1. The average molecular weight is 422 g/mol. The molecule has 0 spiro atoms. The molecule has 0 saturated heterocycles. The van der Waals surface area contributed by atoms with Gasteiger partial charge in [0.15, 0.2) is 4.77 Å². The summed E-state index contributed by atoms with van der Waals surface area (Å²) in [6.07, 6.45) is 1.56. The van der Waals surface area contributed by atoms with Crippen LogP contribution in [-0.4, -0.2) is 20.9 Å². The van der Waals surface area contributed by atoms with E-state index in [-0.39, 0.29) is 22.8 Å². The van der Waals surface area contributed by atoms with E-state index in [9.17, 15) is 14.0 Å². The van der Waals surface area contributed by atoms with Crippen LogP contribution in [0.4, 0.5) is 4.39 Å². The number of pyridine rings is 1. The maximum absolute atomic E-state index is 13.2. The highest BCUT2D eigenvalue weighted by Crippen LogP contribution is 2.20. The second-order valence-corrected chi connectivity index (χ2v) is 6.82. The molecule has 30 heavy (non-hydrogen) atoms. The summed E-state index contributed by atoms with van der Waals surface area (Å²) in [6, 6.07) is 13.9. The van der Waals surface area contributed by atoms with E-state index in [4.69, 9.17) is 17.0 Å². The van der Waals surface area contributed by atoms with Crippen LogP contribution >= 0.6 is 12.2 Å². The smallest absolute Gasteiger partial charge is 0.259 e. The quantitative estimate of drug-likeness (QED) is 0.425. The molecule has 0 saturated carbocycles. The van der Waals surface area contributed by atoms with Crippen molar-refractivity contribution in [2.45, 2.75) is 6.54 Å². The maximum atomic E-state index is 13.2. The van der Waals surface area contributed by atoms with E-state index in [1.54, 1.807) is 48.7 Å². The van der Waals surface area contributed by atoms with Crippen molar-refractivity contribution >= 4 is 29.0 Å². The molecule has 150 valence electrons. The van der Waals surface area contributed by atoms with Gasteiger partial charge in [-0.2, -0.15) is 0 Å². The van der Waals surface area contributed by atoms with E-state index in [0.717, 1.165) is 5.56 Å². The summed E-state index contributed by atoms with van der Waals surface area (Å²) < 4.78 is 18.9. The molecule has 2 heterocycles. The third kappa shape index (κ3) is 4.41. The van der Waals surface area contributed by atoms with Crippen molar-refractivity contribution in [2.24, 2.45) is 0 Å². The highest BCUT2D eigenvalue weighted by Gasteiger charge is 2.09. The fourth-order valence-corrected chi connectivity index (χ4v) is 3.03. The Kier molecular flexibility index (Phi) is 5.36. The molecule has 0 aliphatic carbocycles. The highest BCUT2D eigenvalue weighted by molar-refractivity contribution is 7.71. The van der Waals surface area contributed by atoms with E-state index >= 15 is 0 Å². The largest absolute Gasteiger partial charge is 0.439 e. The van der Waals surface area contributed by atoms with Crippen molar-refractivity contribution in [3.05, 3.63) is 92.9 Å². The summed E-state index contributed by atoms with van der Waals surface area (Å²) in [6.45, 7) is 0.246. The fraction of sp³-hybridized carbons (Fsp3) is 0.0476. The van der Waals surface area contributed by atoms with Crippen molar-refractivity contribution < 1.29 is 13.9 Å². The molecule has 4 rings (SSSR count). The number of carbonyl (C=O) groups is 1. The normalized spacial score (nSPS) is 10.7. The molecule has 7 nitrogen and oxygen atoms in total. The minimum Gasteiger partial charge on any atom is -0.439 e. The summed E-state index contributed by atoms with van der Waals surface area (Å²) in [5.74, 6) is -0.0494. The minimum absolute atomic E-state index is 0.191. The van der Waals surface area contributed by atoms with Crippen LogP contribution in [0.2, 0.25) is 0 Å². The lowest BCUT2D eigenvalue weighted by molar-refractivity contribution is 0.0951. The molecule has 2 aromatic carbocycles. The Balaban J connectivity index is 1.42. The van der Waals surface area contributed by atoms with Gasteiger partial charge in [0.05, 0.1) is 10.9 Å². The molecule has 3 N–H and O–H groups in total. The third-order valence-electron chi connectivity index (χ3n) is 4.27. The first-order chi connectivity index (χ1) is 14.5. The maximum Gasteiger partial charge on any atom is 0.259 e. The van der Waals surface area contributed by atoms with E-state index in [0.29, 0.717) is 28.1 Å². The number of halogens is 1. The molecule has 0 fully saturated rings. The van der Waals surface area contributed by atoms with Crippen LogP contribution in [0.1, 0.15) is 15.9 Å². The van der Waals surface area contributed by atoms with Gasteiger partial charge in [-0.25, -0.2) is 9.37 Å². The highest BCUT2D eigenvalue weighted by atomic mass is 32.1. The average Bonchev–Trinajstić information content (AvgIpc) is 2.72. The number of fused-ring (bicyclic) bond motifs is 1. The number of hydrogen-bond acceptors (Lipinski definition) is 5. The fourth-order valence-electron chi connectivity index (χ4n) is 2.82. The Morgan fingerprint density at radius 1 is 1.13 bits per heavy atom. The van der Waals surface area contributed by atoms with E-state index in [1.807, 2.05) is 0 Å². The molecule has 0 bridgehead atoms. The Bertz CT molecular complexity index is 1350. The Labute approximate surface area is 174 Å². The lowest BCUT2D eigenvalue weighted by atomic mass is 10.1. The molecular formula is C21H15FN4O3S. The number of nitrogens with zero attached hydrogens (tertiary/aromatic N) is 1. The van der Waals surface area contributed by atoms with E-state index < -0.39 is 5.82 Å². The minimum atomic E-state index is -0.397. The molecule has 0 radical (unpaired) electrons. The number of H-pyrrole nitrogens is 2. The number of carbonyl (C=O) groups excluding carboxylic acids is 1. The summed E-state index contributed by atoms with van der Waals surface area (Å²) in [4.78, 5) is 33.8. The number of hydrogen-bond donors (Lipinski definition) is 3. The van der Waals surface area contributed by atoms with E-state index in [2.05, 4.69) is 20.3 Å². The van der Waals surface area contributed by atoms with Gasteiger partial charge in [-0.3, -0.25) is 14.6 Å². The number of nitrogens with one attached hydrogen (secondary N) is 3. The molecule has 2 aromatic heterocycles. The van der Waals surface area contributed by atoms with Gasteiger partial charge in [-0.1, -0.05) is 12.1 Å². The summed E-state index contributed by atoms with van der Waals surface area (Å²) in [5, 5.41) is 3.21.